The van der Waals surface area contributed by atoms with E-state index in [-0.39, 0.29) is 11.9 Å². The molecule has 2 aromatic rings. The normalized spacial score (nSPS) is 12.0. The monoisotopic (exact) mass is 282 g/mol. The Morgan fingerprint density at radius 2 is 1.48 bits per heavy atom. The molecule has 0 bridgehead atoms. The van der Waals surface area contributed by atoms with Crippen LogP contribution in [0.5, 0.6) is 0 Å². The Balaban J connectivity index is 1.83. The van der Waals surface area contributed by atoms with E-state index in [1.807, 2.05) is 31.2 Å². The maximum Gasteiger partial charge on any atom is 0.238 e. The van der Waals surface area contributed by atoms with E-state index in [1.165, 1.54) is 16.7 Å². The molecule has 3 heteroatoms. The number of benzene rings is 2. The van der Waals surface area contributed by atoms with Crippen LogP contribution in [-0.4, -0.2) is 12.5 Å². The van der Waals surface area contributed by atoms with Crippen LogP contribution in [0, 0.1) is 13.8 Å². The van der Waals surface area contributed by atoms with Crippen molar-refractivity contribution in [1.82, 2.24) is 5.32 Å². The molecule has 0 aliphatic rings. The second-order valence-electron chi connectivity index (χ2n) is 5.43. The Morgan fingerprint density at radius 1 is 0.952 bits per heavy atom. The lowest BCUT2D eigenvalue weighted by Crippen LogP contribution is -2.30. The van der Waals surface area contributed by atoms with Crippen molar-refractivity contribution in [3.63, 3.8) is 0 Å². The van der Waals surface area contributed by atoms with Crippen LogP contribution in [0.1, 0.15) is 29.7 Å². The lowest BCUT2D eigenvalue weighted by Gasteiger charge is -2.14. The highest BCUT2D eigenvalue weighted by Crippen LogP contribution is 2.13. The van der Waals surface area contributed by atoms with Gasteiger partial charge < -0.3 is 10.6 Å². The van der Waals surface area contributed by atoms with Gasteiger partial charge in [0.2, 0.25) is 5.91 Å². The summed E-state index contributed by atoms with van der Waals surface area (Å²) in [5, 5.41) is 6.12. The van der Waals surface area contributed by atoms with Gasteiger partial charge in [-0.25, -0.2) is 0 Å². The van der Waals surface area contributed by atoms with E-state index in [4.69, 9.17) is 0 Å². The Kier molecular flexibility index (Phi) is 5.12. The third kappa shape index (κ3) is 4.72. The maximum absolute atomic E-state index is 11.9. The van der Waals surface area contributed by atoms with Crippen molar-refractivity contribution in [2.45, 2.75) is 26.8 Å². The van der Waals surface area contributed by atoms with Gasteiger partial charge in [0.15, 0.2) is 0 Å². The summed E-state index contributed by atoms with van der Waals surface area (Å²) in [6, 6.07) is 16.3. The molecule has 2 aromatic carbocycles. The number of anilines is 1. The molecular weight excluding hydrogens is 260 g/mol. The molecule has 0 saturated carbocycles. The van der Waals surface area contributed by atoms with Gasteiger partial charge >= 0.3 is 0 Å². The second-order valence-corrected chi connectivity index (χ2v) is 5.43. The van der Waals surface area contributed by atoms with Gasteiger partial charge in [0.25, 0.3) is 0 Å². The molecule has 0 saturated heterocycles. The first-order chi connectivity index (χ1) is 10.0. The minimum atomic E-state index is -0.0298. The molecule has 1 unspecified atom stereocenters. The smallest absolute Gasteiger partial charge is 0.238 e. The van der Waals surface area contributed by atoms with Crippen molar-refractivity contribution in [1.29, 1.82) is 0 Å². The molecule has 0 fully saturated rings. The van der Waals surface area contributed by atoms with Crippen LogP contribution in [0.15, 0.2) is 48.5 Å². The average molecular weight is 282 g/mol. The molecule has 0 aromatic heterocycles. The molecule has 2 rings (SSSR count). The molecule has 0 radical (unpaired) electrons. The predicted octanol–water partition coefficient (Wildman–Crippen LogP) is 3.59. The molecule has 1 atom stereocenters. The summed E-state index contributed by atoms with van der Waals surface area (Å²) in [5.74, 6) is -0.0298. The third-order valence-corrected chi connectivity index (χ3v) is 3.48. The number of hydrogen-bond donors (Lipinski definition) is 2. The van der Waals surface area contributed by atoms with Gasteiger partial charge in [-0.1, -0.05) is 47.5 Å². The van der Waals surface area contributed by atoms with E-state index >= 15 is 0 Å². The van der Waals surface area contributed by atoms with E-state index < -0.39 is 0 Å². The fourth-order valence-electron chi connectivity index (χ4n) is 2.06. The first kappa shape index (κ1) is 15.3. The number of amides is 1. The van der Waals surface area contributed by atoms with Crippen LogP contribution >= 0.6 is 0 Å². The number of hydrogen-bond acceptors (Lipinski definition) is 2. The number of nitrogens with one attached hydrogen (secondary N) is 2. The van der Waals surface area contributed by atoms with Gasteiger partial charge in [-0.2, -0.15) is 0 Å². The van der Waals surface area contributed by atoms with E-state index in [0.717, 1.165) is 5.69 Å². The molecule has 21 heavy (non-hydrogen) atoms. The number of rotatable bonds is 5. The van der Waals surface area contributed by atoms with Crippen LogP contribution in [0.2, 0.25) is 0 Å². The van der Waals surface area contributed by atoms with Crippen molar-refractivity contribution < 1.29 is 4.79 Å². The third-order valence-electron chi connectivity index (χ3n) is 3.48. The Hall–Kier alpha value is -2.13. The zero-order chi connectivity index (χ0) is 15.2. The fraction of sp³-hybridized carbons (Fsp3) is 0.278. The van der Waals surface area contributed by atoms with Gasteiger partial charge in [0.1, 0.15) is 0 Å². The molecule has 2 N–H and O–H groups in total. The second kappa shape index (κ2) is 7.04. The highest BCUT2D eigenvalue weighted by molar-refractivity contribution is 5.92. The summed E-state index contributed by atoms with van der Waals surface area (Å²) in [7, 11) is 0. The molecule has 3 nitrogen and oxygen atoms in total. The molecular formula is C18H22N2O. The van der Waals surface area contributed by atoms with Gasteiger partial charge in [0.05, 0.1) is 6.54 Å². The van der Waals surface area contributed by atoms with E-state index in [0.29, 0.717) is 6.54 Å². The van der Waals surface area contributed by atoms with Crippen molar-refractivity contribution in [2.24, 2.45) is 0 Å². The predicted molar refractivity (Wildman–Crippen MR) is 87.4 cm³/mol. The average Bonchev–Trinajstić information content (AvgIpc) is 2.48. The van der Waals surface area contributed by atoms with Crippen molar-refractivity contribution in [3.05, 3.63) is 65.2 Å². The Labute approximate surface area is 126 Å². The van der Waals surface area contributed by atoms with Gasteiger partial charge in [0, 0.05) is 11.7 Å². The van der Waals surface area contributed by atoms with Crippen LogP contribution < -0.4 is 10.6 Å². The maximum atomic E-state index is 11.9. The summed E-state index contributed by atoms with van der Waals surface area (Å²) in [6.07, 6.45) is 0. The summed E-state index contributed by atoms with van der Waals surface area (Å²) in [4.78, 5) is 11.9. The molecule has 1 amide bonds. The van der Waals surface area contributed by atoms with E-state index in [9.17, 15) is 4.79 Å². The number of carbonyl (C=O) groups excluding carboxylic acids is 1. The lowest BCUT2D eigenvalue weighted by atomic mass is 10.1. The number of aryl methyl sites for hydroxylation is 2. The standard InChI is InChI=1S/C18H22N2O/c1-13-4-8-16(9-5-13)15(3)19-12-18(21)20-17-10-6-14(2)7-11-17/h4-11,15,19H,12H2,1-3H3,(H,20,21). The van der Waals surface area contributed by atoms with Crippen molar-refractivity contribution in [2.75, 3.05) is 11.9 Å². The molecule has 0 aliphatic carbocycles. The first-order valence-electron chi connectivity index (χ1n) is 7.21. The lowest BCUT2D eigenvalue weighted by molar-refractivity contribution is -0.115. The number of carbonyl (C=O) groups is 1. The molecule has 0 aliphatic heterocycles. The molecule has 110 valence electrons. The van der Waals surface area contributed by atoms with Crippen LogP contribution in [0.3, 0.4) is 0 Å². The SMILES string of the molecule is Cc1ccc(NC(=O)CNC(C)c2ccc(C)cc2)cc1. The first-order valence-corrected chi connectivity index (χ1v) is 7.21. The molecule has 0 spiro atoms. The van der Waals surface area contributed by atoms with Gasteiger partial charge in [-0.3, -0.25) is 4.79 Å². The largest absolute Gasteiger partial charge is 0.325 e. The Morgan fingerprint density at radius 3 is 2.05 bits per heavy atom. The van der Waals surface area contributed by atoms with Crippen LogP contribution in [0.25, 0.3) is 0 Å². The highest BCUT2D eigenvalue weighted by atomic mass is 16.1. The minimum Gasteiger partial charge on any atom is -0.325 e. The zero-order valence-corrected chi connectivity index (χ0v) is 12.8. The zero-order valence-electron chi connectivity index (χ0n) is 12.8. The van der Waals surface area contributed by atoms with Crippen molar-refractivity contribution >= 4 is 11.6 Å². The summed E-state index contributed by atoms with van der Waals surface area (Å²) in [5.41, 5.74) is 4.43. The van der Waals surface area contributed by atoms with Gasteiger partial charge in [-0.05, 0) is 38.5 Å². The highest BCUT2D eigenvalue weighted by Gasteiger charge is 2.07. The minimum absolute atomic E-state index is 0.0298. The fourth-order valence-corrected chi connectivity index (χ4v) is 2.06. The van der Waals surface area contributed by atoms with E-state index in [1.54, 1.807) is 0 Å². The van der Waals surface area contributed by atoms with Gasteiger partial charge in [-0.15, -0.1) is 0 Å². The van der Waals surface area contributed by atoms with E-state index in [2.05, 4.69) is 48.7 Å². The summed E-state index contributed by atoms with van der Waals surface area (Å²) in [6.45, 7) is 6.44. The topological polar surface area (TPSA) is 41.1 Å². The molecule has 0 heterocycles. The quantitative estimate of drug-likeness (QED) is 0.880. The van der Waals surface area contributed by atoms with Crippen LogP contribution in [-0.2, 0) is 4.79 Å². The summed E-state index contributed by atoms with van der Waals surface area (Å²) >= 11 is 0. The Bertz CT molecular complexity index is 588. The summed E-state index contributed by atoms with van der Waals surface area (Å²) < 4.78 is 0. The van der Waals surface area contributed by atoms with Crippen molar-refractivity contribution in [3.8, 4) is 0 Å². The van der Waals surface area contributed by atoms with Crippen LogP contribution in [0.4, 0.5) is 5.69 Å².